The Labute approximate surface area is 191 Å². The zero-order valence-electron chi connectivity index (χ0n) is 19.8. The minimum Gasteiger partial charge on any atom is -0.496 e. The quantitative estimate of drug-likeness (QED) is 0.267. The molecule has 0 bridgehead atoms. The second-order valence-corrected chi connectivity index (χ2v) is 7.57. The van der Waals surface area contributed by atoms with Crippen LogP contribution in [0.15, 0.2) is 71.6 Å². The van der Waals surface area contributed by atoms with Gasteiger partial charge in [0.1, 0.15) is 17.3 Å². The minimum atomic E-state index is 0.0224. The van der Waals surface area contributed by atoms with Crippen LogP contribution in [0.5, 0.6) is 11.5 Å². The largest absolute Gasteiger partial charge is 0.496 e. The number of hydrogen-bond donors (Lipinski definition) is 0. The van der Waals surface area contributed by atoms with Gasteiger partial charge in [0.25, 0.3) is 0 Å². The molecule has 1 aliphatic carbocycles. The van der Waals surface area contributed by atoms with Gasteiger partial charge >= 0.3 is 0 Å². The third kappa shape index (κ3) is 6.47. The Morgan fingerprint density at radius 1 is 1.09 bits per heavy atom. The van der Waals surface area contributed by atoms with E-state index in [9.17, 15) is 4.79 Å². The summed E-state index contributed by atoms with van der Waals surface area (Å²) in [5.74, 6) is 2.34. The van der Waals surface area contributed by atoms with Crippen LogP contribution in [0, 0.1) is 5.92 Å². The maximum Gasteiger partial charge on any atom is 0.185 e. The molecule has 5 nitrogen and oxygen atoms in total. The number of hydrogen-bond acceptors (Lipinski definition) is 5. The van der Waals surface area contributed by atoms with Gasteiger partial charge in [-0.2, -0.15) is 0 Å². The number of rotatable bonds is 10. The number of methoxy groups -OCH3 is 4. The summed E-state index contributed by atoms with van der Waals surface area (Å²) in [4.78, 5) is 13.4. The Kier molecular flexibility index (Phi) is 10.0. The van der Waals surface area contributed by atoms with E-state index in [4.69, 9.17) is 18.9 Å². The van der Waals surface area contributed by atoms with Crippen molar-refractivity contribution in [1.29, 1.82) is 0 Å². The standard InChI is InChI=1S/C27H34O5/c1-7-20-16-21(15-19(2)24(30-4)11-8-9-14-29-3)27(28)22(17-20)18-23-25(31-5)12-10-13-26(23)32-6/h8-13,15,18,20H,2,7,14,16-17H2,1,3-6H3/b9-8-,21-15+,22-18+,24-11+. The summed E-state index contributed by atoms with van der Waals surface area (Å²) < 4.78 is 21.5. The van der Waals surface area contributed by atoms with Gasteiger partial charge in [-0.25, -0.2) is 0 Å². The van der Waals surface area contributed by atoms with Crippen LogP contribution >= 0.6 is 0 Å². The van der Waals surface area contributed by atoms with Crippen molar-refractivity contribution in [3.8, 4) is 11.5 Å². The number of carbonyl (C=O) groups is 1. The van der Waals surface area contributed by atoms with Crippen LogP contribution in [-0.2, 0) is 14.3 Å². The minimum absolute atomic E-state index is 0.0224. The van der Waals surface area contributed by atoms with Crippen molar-refractivity contribution in [3.63, 3.8) is 0 Å². The molecule has 2 rings (SSSR count). The highest BCUT2D eigenvalue weighted by Gasteiger charge is 2.28. The van der Waals surface area contributed by atoms with Crippen molar-refractivity contribution >= 4 is 11.9 Å². The molecule has 1 atom stereocenters. The first-order chi connectivity index (χ1) is 15.5. The number of allylic oxidation sites excluding steroid dienone is 5. The fraction of sp³-hybridized carbons (Fsp3) is 0.370. The lowest BCUT2D eigenvalue weighted by Gasteiger charge is -2.25. The molecule has 0 spiro atoms. The Balaban J connectivity index is 2.42. The average molecular weight is 439 g/mol. The van der Waals surface area contributed by atoms with Crippen molar-refractivity contribution in [3.05, 3.63) is 77.1 Å². The predicted octanol–water partition coefficient (Wildman–Crippen LogP) is 5.69. The molecule has 5 heteroatoms. The van der Waals surface area contributed by atoms with Crippen LogP contribution in [0.4, 0.5) is 0 Å². The van der Waals surface area contributed by atoms with Gasteiger partial charge in [-0.1, -0.05) is 38.1 Å². The van der Waals surface area contributed by atoms with E-state index < -0.39 is 0 Å². The van der Waals surface area contributed by atoms with Crippen molar-refractivity contribution in [2.75, 3.05) is 35.0 Å². The molecular weight excluding hydrogens is 404 g/mol. The first-order valence-corrected chi connectivity index (χ1v) is 10.7. The summed E-state index contributed by atoms with van der Waals surface area (Å²) in [6, 6.07) is 5.60. The molecule has 0 amide bonds. The highest BCUT2D eigenvalue weighted by atomic mass is 16.5. The maximum absolute atomic E-state index is 13.4. The zero-order chi connectivity index (χ0) is 23.5. The normalized spacial score (nSPS) is 19.6. The summed E-state index contributed by atoms with van der Waals surface area (Å²) >= 11 is 0. The highest BCUT2D eigenvalue weighted by molar-refractivity contribution is 6.12. The molecule has 0 saturated heterocycles. The van der Waals surface area contributed by atoms with Gasteiger partial charge in [-0.3, -0.25) is 4.79 Å². The molecule has 0 heterocycles. The SMILES string of the molecule is C=C(/C=C1\CC(CC)C/C(=C\c2c(OC)cccc2OC)C1=O)/C(=C\C=C/COC)OC. The van der Waals surface area contributed by atoms with Crippen molar-refractivity contribution in [1.82, 2.24) is 0 Å². The van der Waals surface area contributed by atoms with Gasteiger partial charge in [0, 0.05) is 23.8 Å². The third-order valence-corrected chi connectivity index (χ3v) is 5.49. The molecule has 0 aromatic heterocycles. The monoisotopic (exact) mass is 438 g/mol. The van der Waals surface area contributed by atoms with E-state index in [1.54, 1.807) is 28.4 Å². The number of benzene rings is 1. The van der Waals surface area contributed by atoms with Gasteiger partial charge in [0.15, 0.2) is 5.78 Å². The Hall–Kier alpha value is -3.05. The molecule has 1 fully saturated rings. The van der Waals surface area contributed by atoms with E-state index in [2.05, 4.69) is 13.5 Å². The fourth-order valence-corrected chi connectivity index (χ4v) is 3.71. The molecular formula is C27H34O5. The Morgan fingerprint density at radius 2 is 1.75 bits per heavy atom. The third-order valence-electron chi connectivity index (χ3n) is 5.49. The van der Waals surface area contributed by atoms with E-state index in [1.165, 1.54) is 0 Å². The lowest BCUT2D eigenvalue weighted by atomic mass is 9.78. The first kappa shape index (κ1) is 25.2. The van der Waals surface area contributed by atoms with Crippen LogP contribution in [0.2, 0.25) is 0 Å². The number of ether oxygens (including phenoxy) is 4. The van der Waals surface area contributed by atoms with Gasteiger partial charge in [-0.05, 0) is 49.1 Å². The van der Waals surface area contributed by atoms with Gasteiger partial charge in [-0.15, -0.1) is 0 Å². The van der Waals surface area contributed by atoms with E-state index in [0.717, 1.165) is 23.1 Å². The maximum atomic E-state index is 13.4. The van der Waals surface area contributed by atoms with Gasteiger partial charge < -0.3 is 18.9 Å². The second-order valence-electron chi connectivity index (χ2n) is 7.57. The fourth-order valence-electron chi connectivity index (χ4n) is 3.71. The first-order valence-electron chi connectivity index (χ1n) is 10.7. The van der Waals surface area contributed by atoms with E-state index in [1.807, 2.05) is 48.6 Å². The van der Waals surface area contributed by atoms with Crippen LogP contribution < -0.4 is 9.47 Å². The Morgan fingerprint density at radius 3 is 2.31 bits per heavy atom. The molecule has 172 valence electrons. The highest BCUT2D eigenvalue weighted by Crippen LogP contribution is 2.37. The summed E-state index contributed by atoms with van der Waals surface area (Å²) in [7, 11) is 6.46. The van der Waals surface area contributed by atoms with Crippen LogP contribution in [-0.4, -0.2) is 40.8 Å². The van der Waals surface area contributed by atoms with Gasteiger partial charge in [0.2, 0.25) is 0 Å². The summed E-state index contributed by atoms with van der Waals surface area (Å²) in [6.07, 6.45) is 11.7. The van der Waals surface area contributed by atoms with E-state index in [0.29, 0.717) is 48.2 Å². The average Bonchev–Trinajstić information content (AvgIpc) is 2.81. The molecule has 0 radical (unpaired) electrons. The smallest absolute Gasteiger partial charge is 0.185 e. The predicted molar refractivity (Wildman–Crippen MR) is 129 cm³/mol. The van der Waals surface area contributed by atoms with Crippen molar-refractivity contribution in [2.24, 2.45) is 5.92 Å². The number of ketones is 1. The molecule has 1 aliphatic rings. The Bertz CT molecular complexity index is 911. The molecule has 0 N–H and O–H groups in total. The van der Waals surface area contributed by atoms with E-state index in [-0.39, 0.29) is 5.78 Å². The second kappa shape index (κ2) is 12.7. The van der Waals surface area contributed by atoms with E-state index >= 15 is 0 Å². The zero-order valence-corrected chi connectivity index (χ0v) is 19.8. The summed E-state index contributed by atoms with van der Waals surface area (Å²) in [5, 5.41) is 0. The molecule has 1 saturated carbocycles. The molecule has 1 aromatic carbocycles. The molecule has 32 heavy (non-hydrogen) atoms. The number of carbonyl (C=O) groups excluding carboxylic acids is 1. The van der Waals surface area contributed by atoms with Gasteiger partial charge in [0.05, 0.1) is 33.5 Å². The van der Waals surface area contributed by atoms with Crippen LogP contribution in [0.1, 0.15) is 31.7 Å². The molecule has 1 aromatic rings. The van der Waals surface area contributed by atoms with Crippen LogP contribution in [0.3, 0.4) is 0 Å². The lowest BCUT2D eigenvalue weighted by Crippen LogP contribution is -2.20. The van der Waals surface area contributed by atoms with Crippen molar-refractivity contribution < 1.29 is 23.7 Å². The van der Waals surface area contributed by atoms with Crippen molar-refractivity contribution in [2.45, 2.75) is 26.2 Å². The summed E-state index contributed by atoms with van der Waals surface area (Å²) in [5.41, 5.74) is 2.91. The lowest BCUT2D eigenvalue weighted by molar-refractivity contribution is -0.113. The van der Waals surface area contributed by atoms with Crippen LogP contribution in [0.25, 0.3) is 6.08 Å². The number of Topliss-reactive ketones (excluding diaryl/α,β-unsaturated/α-hetero) is 1. The topological polar surface area (TPSA) is 54.0 Å². The molecule has 1 unspecified atom stereocenters. The molecule has 0 aliphatic heterocycles. The summed E-state index contributed by atoms with van der Waals surface area (Å²) in [6.45, 7) is 6.78.